The minimum atomic E-state index is -0.412. The van der Waals surface area contributed by atoms with E-state index in [4.69, 9.17) is 5.73 Å². The fourth-order valence-electron chi connectivity index (χ4n) is 2.58. The van der Waals surface area contributed by atoms with Gasteiger partial charge >= 0.3 is 0 Å². The molecule has 0 radical (unpaired) electrons. The first kappa shape index (κ1) is 15.0. The number of piperidine rings is 1. The molecule has 0 saturated carbocycles. The summed E-state index contributed by atoms with van der Waals surface area (Å²) >= 11 is 0. The maximum atomic E-state index is 12.4. The van der Waals surface area contributed by atoms with E-state index < -0.39 is 6.04 Å². The Kier molecular flexibility index (Phi) is 4.48. The molecule has 5 nitrogen and oxygen atoms in total. The molecule has 1 aromatic heterocycles. The fraction of sp³-hybridized carbons (Fsp3) is 0.733. The topological polar surface area (TPSA) is 64.2 Å². The van der Waals surface area contributed by atoms with Crippen molar-refractivity contribution in [1.82, 2.24) is 14.7 Å². The Bertz CT molecular complexity index is 427. The predicted molar refractivity (Wildman–Crippen MR) is 79.0 cm³/mol. The SMILES string of the molecule is CC(C)(C)[C@H](N)C(=O)N1CCC(Cn2cccn2)CC1. The monoisotopic (exact) mass is 278 g/mol. The van der Waals surface area contributed by atoms with Crippen molar-refractivity contribution in [3.8, 4) is 0 Å². The maximum Gasteiger partial charge on any atom is 0.240 e. The standard InChI is InChI=1S/C15H26N4O/c1-15(2,3)13(16)14(20)18-9-5-12(6-10-18)11-19-8-4-7-17-19/h4,7-8,12-13H,5-6,9-11,16H2,1-3H3/t13-/m1/s1. The molecule has 0 aromatic carbocycles. The van der Waals surface area contributed by atoms with Crippen molar-refractivity contribution in [2.75, 3.05) is 13.1 Å². The van der Waals surface area contributed by atoms with Crippen molar-refractivity contribution in [3.63, 3.8) is 0 Å². The average molecular weight is 278 g/mol. The quantitative estimate of drug-likeness (QED) is 0.911. The molecule has 1 amide bonds. The Hall–Kier alpha value is -1.36. The summed E-state index contributed by atoms with van der Waals surface area (Å²) in [6.07, 6.45) is 5.86. The second kappa shape index (κ2) is 5.95. The largest absolute Gasteiger partial charge is 0.341 e. The van der Waals surface area contributed by atoms with Crippen LogP contribution in [0.5, 0.6) is 0 Å². The van der Waals surface area contributed by atoms with E-state index in [0.29, 0.717) is 5.92 Å². The maximum absolute atomic E-state index is 12.4. The summed E-state index contributed by atoms with van der Waals surface area (Å²) in [6, 6.07) is 1.53. The number of aromatic nitrogens is 2. The van der Waals surface area contributed by atoms with Gasteiger partial charge in [-0.15, -0.1) is 0 Å². The van der Waals surface area contributed by atoms with E-state index in [-0.39, 0.29) is 11.3 Å². The molecule has 1 aliphatic heterocycles. The first-order chi connectivity index (χ1) is 9.38. The first-order valence-corrected chi connectivity index (χ1v) is 7.39. The number of amides is 1. The third-order valence-electron chi connectivity index (χ3n) is 4.13. The van der Waals surface area contributed by atoms with E-state index in [1.807, 2.05) is 42.6 Å². The molecule has 1 aromatic rings. The zero-order valence-corrected chi connectivity index (χ0v) is 12.7. The summed E-state index contributed by atoms with van der Waals surface area (Å²) in [6.45, 7) is 8.61. The van der Waals surface area contributed by atoms with Gasteiger partial charge < -0.3 is 10.6 Å². The Morgan fingerprint density at radius 3 is 2.55 bits per heavy atom. The van der Waals surface area contributed by atoms with Crippen LogP contribution in [-0.2, 0) is 11.3 Å². The Morgan fingerprint density at radius 2 is 2.05 bits per heavy atom. The molecule has 5 heteroatoms. The molecule has 1 aliphatic rings. The number of hydrogen-bond acceptors (Lipinski definition) is 3. The molecule has 1 atom stereocenters. The molecule has 20 heavy (non-hydrogen) atoms. The summed E-state index contributed by atoms with van der Waals surface area (Å²) in [5, 5.41) is 4.24. The van der Waals surface area contributed by atoms with E-state index in [9.17, 15) is 4.79 Å². The molecule has 0 aliphatic carbocycles. The number of rotatable bonds is 3. The molecule has 1 saturated heterocycles. The van der Waals surface area contributed by atoms with Crippen LogP contribution in [0.3, 0.4) is 0 Å². The molecule has 0 bridgehead atoms. The second-order valence-electron chi connectivity index (χ2n) is 6.84. The van der Waals surface area contributed by atoms with Crippen LogP contribution in [0.4, 0.5) is 0 Å². The van der Waals surface area contributed by atoms with Gasteiger partial charge in [0.05, 0.1) is 6.04 Å². The summed E-state index contributed by atoms with van der Waals surface area (Å²) in [5.41, 5.74) is 5.89. The highest BCUT2D eigenvalue weighted by molar-refractivity contribution is 5.82. The van der Waals surface area contributed by atoms with Gasteiger partial charge in [-0.25, -0.2) is 0 Å². The summed E-state index contributed by atoms with van der Waals surface area (Å²) < 4.78 is 1.98. The Balaban J connectivity index is 1.83. The molecule has 1 fully saturated rings. The first-order valence-electron chi connectivity index (χ1n) is 7.39. The normalized spacial score (nSPS) is 19.1. The van der Waals surface area contributed by atoms with Crippen LogP contribution in [0.15, 0.2) is 18.5 Å². The molecule has 2 N–H and O–H groups in total. The van der Waals surface area contributed by atoms with Crippen molar-refractivity contribution in [3.05, 3.63) is 18.5 Å². The number of hydrogen-bond donors (Lipinski definition) is 1. The van der Waals surface area contributed by atoms with Crippen LogP contribution >= 0.6 is 0 Å². The van der Waals surface area contributed by atoms with E-state index in [2.05, 4.69) is 5.10 Å². The van der Waals surface area contributed by atoms with Crippen molar-refractivity contribution in [1.29, 1.82) is 0 Å². The van der Waals surface area contributed by atoms with E-state index in [1.54, 1.807) is 6.20 Å². The van der Waals surface area contributed by atoms with Gasteiger partial charge in [-0.1, -0.05) is 20.8 Å². The Labute approximate surface area is 121 Å². The van der Waals surface area contributed by atoms with Gasteiger partial charge in [0.25, 0.3) is 0 Å². The highest BCUT2D eigenvalue weighted by Gasteiger charge is 2.32. The van der Waals surface area contributed by atoms with Gasteiger partial charge in [-0.3, -0.25) is 9.48 Å². The lowest BCUT2D eigenvalue weighted by molar-refractivity contribution is -0.136. The predicted octanol–water partition coefficient (Wildman–Crippen LogP) is 1.50. The van der Waals surface area contributed by atoms with E-state index >= 15 is 0 Å². The lowest BCUT2D eigenvalue weighted by Crippen LogP contribution is -2.52. The molecular weight excluding hydrogens is 252 g/mol. The van der Waals surface area contributed by atoms with Crippen LogP contribution < -0.4 is 5.73 Å². The molecule has 0 spiro atoms. The van der Waals surface area contributed by atoms with E-state index in [1.165, 1.54) is 0 Å². The molecule has 2 heterocycles. The third-order valence-corrected chi connectivity index (χ3v) is 4.13. The van der Waals surface area contributed by atoms with Crippen molar-refractivity contribution >= 4 is 5.91 Å². The van der Waals surface area contributed by atoms with Crippen LogP contribution in [0.2, 0.25) is 0 Å². The van der Waals surface area contributed by atoms with Crippen LogP contribution in [0, 0.1) is 11.3 Å². The molecular formula is C15H26N4O. The highest BCUT2D eigenvalue weighted by atomic mass is 16.2. The fourth-order valence-corrected chi connectivity index (χ4v) is 2.58. The van der Waals surface area contributed by atoms with Gasteiger partial charge in [-0.05, 0) is 30.2 Å². The van der Waals surface area contributed by atoms with Crippen LogP contribution in [-0.4, -0.2) is 39.7 Å². The van der Waals surface area contributed by atoms with Gasteiger partial charge in [0.15, 0.2) is 0 Å². The third kappa shape index (κ3) is 3.60. The number of nitrogens with two attached hydrogens (primary N) is 1. The summed E-state index contributed by atoms with van der Waals surface area (Å²) in [7, 11) is 0. The minimum Gasteiger partial charge on any atom is -0.341 e. The highest BCUT2D eigenvalue weighted by Crippen LogP contribution is 2.23. The lowest BCUT2D eigenvalue weighted by atomic mass is 9.86. The average Bonchev–Trinajstić information content (AvgIpc) is 2.90. The van der Waals surface area contributed by atoms with Gasteiger partial charge in [0.2, 0.25) is 5.91 Å². The van der Waals surface area contributed by atoms with E-state index in [0.717, 1.165) is 32.5 Å². The van der Waals surface area contributed by atoms with Crippen molar-refractivity contribution in [2.24, 2.45) is 17.1 Å². The number of likely N-dealkylation sites (tertiary alicyclic amines) is 1. The lowest BCUT2D eigenvalue weighted by Gasteiger charge is -2.36. The summed E-state index contributed by atoms with van der Waals surface area (Å²) in [5.74, 6) is 0.694. The number of carbonyl (C=O) groups excluding carboxylic acids is 1. The van der Waals surface area contributed by atoms with Crippen LogP contribution in [0.1, 0.15) is 33.6 Å². The smallest absolute Gasteiger partial charge is 0.240 e. The minimum absolute atomic E-state index is 0.0926. The molecule has 2 rings (SSSR count). The van der Waals surface area contributed by atoms with Crippen LogP contribution in [0.25, 0.3) is 0 Å². The van der Waals surface area contributed by atoms with Gasteiger partial charge in [0.1, 0.15) is 0 Å². The molecule has 0 unspecified atom stereocenters. The van der Waals surface area contributed by atoms with Crippen molar-refractivity contribution < 1.29 is 4.79 Å². The number of nitrogens with zero attached hydrogens (tertiary/aromatic N) is 3. The second-order valence-corrected chi connectivity index (χ2v) is 6.84. The summed E-state index contributed by atoms with van der Waals surface area (Å²) in [4.78, 5) is 14.3. The molecule has 112 valence electrons. The zero-order chi connectivity index (χ0) is 14.8. The van der Waals surface area contributed by atoms with Gasteiger partial charge in [0, 0.05) is 32.0 Å². The Morgan fingerprint density at radius 1 is 1.40 bits per heavy atom. The number of carbonyl (C=O) groups is 1. The zero-order valence-electron chi connectivity index (χ0n) is 12.7. The van der Waals surface area contributed by atoms with Crippen molar-refractivity contribution in [2.45, 2.75) is 46.2 Å². The van der Waals surface area contributed by atoms with Gasteiger partial charge in [-0.2, -0.15) is 5.10 Å².